The van der Waals surface area contributed by atoms with Crippen LogP contribution in [0.4, 0.5) is 5.82 Å². The predicted molar refractivity (Wildman–Crippen MR) is 72.4 cm³/mol. The van der Waals surface area contributed by atoms with E-state index in [4.69, 9.17) is 5.11 Å². The number of hydrogen-bond acceptors (Lipinski definition) is 4. The van der Waals surface area contributed by atoms with Crippen LogP contribution in [0.3, 0.4) is 0 Å². The first-order valence-electron chi connectivity index (χ1n) is 6.12. The highest BCUT2D eigenvalue weighted by Gasteiger charge is 2.19. The van der Waals surface area contributed by atoms with Gasteiger partial charge in [-0.15, -0.1) is 0 Å². The first-order chi connectivity index (χ1) is 8.95. The molecular weight excluding hydrogens is 246 g/mol. The molecule has 1 atom stereocenters. The van der Waals surface area contributed by atoms with Crippen molar-refractivity contribution in [2.24, 2.45) is 0 Å². The molecule has 2 N–H and O–H groups in total. The molecule has 104 valence electrons. The lowest BCUT2D eigenvalue weighted by atomic mass is 10.1. The monoisotopic (exact) mass is 265 g/mol. The lowest BCUT2D eigenvalue weighted by Gasteiger charge is -2.15. The van der Waals surface area contributed by atoms with E-state index in [1.165, 1.54) is 6.20 Å². The Morgan fingerprint density at radius 3 is 2.68 bits per heavy atom. The maximum Gasteiger partial charge on any atom is 0.326 e. The van der Waals surface area contributed by atoms with Crippen molar-refractivity contribution in [2.75, 3.05) is 19.0 Å². The number of nitrogens with zero attached hydrogens (tertiary/aromatic N) is 2. The molecule has 19 heavy (non-hydrogen) atoms. The van der Waals surface area contributed by atoms with Gasteiger partial charge in [-0.05, 0) is 18.6 Å². The van der Waals surface area contributed by atoms with Crippen LogP contribution in [0, 0.1) is 0 Å². The number of amides is 1. The van der Waals surface area contributed by atoms with Gasteiger partial charge in [-0.3, -0.25) is 4.79 Å². The smallest absolute Gasteiger partial charge is 0.326 e. The Hall–Kier alpha value is -2.11. The van der Waals surface area contributed by atoms with Crippen molar-refractivity contribution in [1.82, 2.24) is 10.3 Å². The van der Waals surface area contributed by atoms with E-state index < -0.39 is 17.9 Å². The van der Waals surface area contributed by atoms with Crippen LogP contribution >= 0.6 is 0 Å². The Kier molecular flexibility index (Phi) is 5.29. The van der Waals surface area contributed by atoms with Crippen molar-refractivity contribution in [3.8, 4) is 0 Å². The number of carbonyl (C=O) groups excluding carboxylic acids is 1. The third-order valence-corrected chi connectivity index (χ3v) is 2.65. The lowest BCUT2D eigenvalue weighted by molar-refractivity contribution is -0.139. The molecule has 0 saturated carbocycles. The van der Waals surface area contributed by atoms with E-state index in [1.807, 2.05) is 21.0 Å². The molecular formula is C13H19N3O3. The molecule has 0 bridgehead atoms. The second-order valence-corrected chi connectivity index (χ2v) is 4.45. The molecule has 1 aromatic rings. The Bertz CT molecular complexity index is 460. The van der Waals surface area contributed by atoms with Gasteiger partial charge in [0.2, 0.25) is 0 Å². The number of nitrogens with one attached hydrogen (secondary N) is 1. The third-order valence-electron chi connectivity index (χ3n) is 2.65. The van der Waals surface area contributed by atoms with Crippen LogP contribution in [0.25, 0.3) is 0 Å². The Morgan fingerprint density at radius 1 is 1.47 bits per heavy atom. The number of aromatic nitrogens is 1. The molecule has 1 heterocycles. The number of aliphatic carboxylic acids is 1. The summed E-state index contributed by atoms with van der Waals surface area (Å²) in [5.41, 5.74) is 0.404. The maximum atomic E-state index is 12.0. The summed E-state index contributed by atoms with van der Waals surface area (Å²) in [6.45, 7) is 1.87. The lowest BCUT2D eigenvalue weighted by Crippen LogP contribution is -2.40. The van der Waals surface area contributed by atoms with Gasteiger partial charge in [0, 0.05) is 25.9 Å². The fourth-order valence-electron chi connectivity index (χ4n) is 1.59. The third kappa shape index (κ3) is 4.24. The number of hydrogen-bond donors (Lipinski definition) is 2. The molecule has 1 amide bonds. The van der Waals surface area contributed by atoms with E-state index in [1.54, 1.807) is 17.0 Å². The Morgan fingerprint density at radius 2 is 2.16 bits per heavy atom. The molecule has 0 spiro atoms. The van der Waals surface area contributed by atoms with Crippen LogP contribution in [0.2, 0.25) is 0 Å². The standard InChI is InChI=1S/C13H19N3O3/c1-4-5-10(13(18)19)15-12(17)9-6-7-14-11(8-9)16(2)3/h6-8,10H,4-5H2,1-3H3,(H,15,17)(H,18,19). The average Bonchev–Trinajstić information content (AvgIpc) is 2.38. The number of rotatable bonds is 6. The summed E-state index contributed by atoms with van der Waals surface area (Å²) in [7, 11) is 3.64. The van der Waals surface area contributed by atoms with E-state index in [0.29, 0.717) is 24.2 Å². The minimum atomic E-state index is -1.02. The minimum absolute atomic E-state index is 0.397. The molecule has 1 rings (SSSR count). The van der Waals surface area contributed by atoms with Gasteiger partial charge in [0.1, 0.15) is 11.9 Å². The summed E-state index contributed by atoms with van der Waals surface area (Å²) < 4.78 is 0. The SMILES string of the molecule is CCCC(NC(=O)c1ccnc(N(C)C)c1)C(=O)O. The van der Waals surface area contributed by atoms with Crippen LogP contribution in [0.5, 0.6) is 0 Å². The predicted octanol–water partition coefficient (Wildman–Crippen LogP) is 1.13. The van der Waals surface area contributed by atoms with E-state index in [9.17, 15) is 9.59 Å². The highest BCUT2D eigenvalue weighted by atomic mass is 16.4. The Labute approximate surface area is 112 Å². The summed E-state index contributed by atoms with van der Waals surface area (Å²) in [5.74, 6) is -0.765. The van der Waals surface area contributed by atoms with E-state index in [2.05, 4.69) is 10.3 Å². The quantitative estimate of drug-likeness (QED) is 0.805. The van der Waals surface area contributed by atoms with Crippen molar-refractivity contribution in [3.63, 3.8) is 0 Å². The highest BCUT2D eigenvalue weighted by molar-refractivity contribution is 5.97. The van der Waals surface area contributed by atoms with Crippen molar-refractivity contribution in [2.45, 2.75) is 25.8 Å². The highest BCUT2D eigenvalue weighted by Crippen LogP contribution is 2.10. The maximum absolute atomic E-state index is 12.0. The topological polar surface area (TPSA) is 82.5 Å². The largest absolute Gasteiger partial charge is 0.480 e. The van der Waals surface area contributed by atoms with Crippen molar-refractivity contribution >= 4 is 17.7 Å². The van der Waals surface area contributed by atoms with E-state index in [0.717, 1.165) is 0 Å². The Balaban J connectivity index is 2.82. The summed E-state index contributed by atoms with van der Waals surface area (Å²) >= 11 is 0. The molecule has 6 nitrogen and oxygen atoms in total. The first-order valence-corrected chi connectivity index (χ1v) is 6.12. The zero-order valence-electron chi connectivity index (χ0n) is 11.4. The fraction of sp³-hybridized carbons (Fsp3) is 0.462. The zero-order valence-corrected chi connectivity index (χ0v) is 11.4. The molecule has 0 aliphatic rings. The van der Waals surface area contributed by atoms with E-state index >= 15 is 0 Å². The minimum Gasteiger partial charge on any atom is -0.480 e. The van der Waals surface area contributed by atoms with E-state index in [-0.39, 0.29) is 0 Å². The summed E-state index contributed by atoms with van der Waals surface area (Å²) in [4.78, 5) is 28.9. The van der Waals surface area contributed by atoms with Gasteiger partial charge < -0.3 is 15.3 Å². The molecule has 0 radical (unpaired) electrons. The van der Waals surface area contributed by atoms with Gasteiger partial charge >= 0.3 is 5.97 Å². The van der Waals surface area contributed by atoms with Crippen LogP contribution < -0.4 is 10.2 Å². The van der Waals surface area contributed by atoms with Crippen molar-refractivity contribution < 1.29 is 14.7 Å². The molecule has 6 heteroatoms. The molecule has 0 aromatic carbocycles. The molecule has 0 saturated heterocycles. The summed E-state index contributed by atoms with van der Waals surface area (Å²) in [6.07, 6.45) is 2.63. The molecule has 0 aliphatic carbocycles. The van der Waals surface area contributed by atoms with Crippen LogP contribution in [0.15, 0.2) is 18.3 Å². The number of pyridine rings is 1. The second kappa shape index (κ2) is 6.72. The fourth-order valence-corrected chi connectivity index (χ4v) is 1.59. The molecule has 0 fully saturated rings. The summed E-state index contributed by atoms with van der Waals surface area (Å²) in [5, 5.41) is 11.5. The van der Waals surface area contributed by atoms with Crippen LogP contribution in [-0.4, -0.2) is 42.1 Å². The number of carboxylic acids is 1. The van der Waals surface area contributed by atoms with Gasteiger partial charge in [0.05, 0.1) is 0 Å². The molecule has 0 aliphatic heterocycles. The average molecular weight is 265 g/mol. The van der Waals surface area contributed by atoms with Gasteiger partial charge in [-0.25, -0.2) is 9.78 Å². The zero-order chi connectivity index (χ0) is 14.4. The number of anilines is 1. The van der Waals surface area contributed by atoms with Crippen LogP contribution in [0.1, 0.15) is 30.1 Å². The van der Waals surface area contributed by atoms with Gasteiger partial charge in [0.15, 0.2) is 0 Å². The van der Waals surface area contributed by atoms with Crippen LogP contribution in [-0.2, 0) is 4.79 Å². The normalized spacial score (nSPS) is 11.7. The molecule has 1 unspecified atom stereocenters. The van der Waals surface area contributed by atoms with Gasteiger partial charge in [-0.1, -0.05) is 13.3 Å². The number of carbonyl (C=O) groups is 2. The van der Waals surface area contributed by atoms with Crippen molar-refractivity contribution in [3.05, 3.63) is 23.9 Å². The van der Waals surface area contributed by atoms with Crippen molar-refractivity contribution in [1.29, 1.82) is 0 Å². The van der Waals surface area contributed by atoms with Gasteiger partial charge in [0.25, 0.3) is 5.91 Å². The number of carboxylic acid groups (broad SMARTS) is 1. The molecule has 1 aromatic heterocycles. The summed E-state index contributed by atoms with van der Waals surface area (Å²) in [6, 6.07) is 2.33. The van der Waals surface area contributed by atoms with Gasteiger partial charge in [-0.2, -0.15) is 0 Å². The second-order valence-electron chi connectivity index (χ2n) is 4.45. The first kappa shape index (κ1) is 14.9.